The number of aliphatic hydroxyl groups is 1. The molecule has 2 rings (SSSR count). The average Bonchev–Trinajstić information content (AvgIpc) is 2.75. The van der Waals surface area contributed by atoms with Gasteiger partial charge in [0.25, 0.3) is 5.91 Å². The van der Waals surface area contributed by atoms with E-state index in [0.717, 1.165) is 5.82 Å². The average molecular weight is 235 g/mol. The number of hydrogen-bond acceptors (Lipinski definition) is 4. The molecule has 0 aromatic carbocycles. The van der Waals surface area contributed by atoms with Crippen LogP contribution in [0.25, 0.3) is 0 Å². The number of β-amino-alcohol motifs (C(OH)–C–C–N with tert-alkyl or cyclic N) is 1. The lowest BCUT2D eigenvalue weighted by Gasteiger charge is -2.17. The van der Waals surface area contributed by atoms with Crippen molar-refractivity contribution in [2.75, 3.05) is 32.1 Å². The summed E-state index contributed by atoms with van der Waals surface area (Å²) in [6.45, 7) is 1.05. The molecule has 1 fully saturated rings. The summed E-state index contributed by atoms with van der Waals surface area (Å²) in [7, 11) is 3.77. The van der Waals surface area contributed by atoms with Gasteiger partial charge in [-0.1, -0.05) is 0 Å². The third-order valence-electron chi connectivity index (χ3n) is 2.90. The predicted octanol–water partition coefficient (Wildman–Crippen LogP) is 0.354. The van der Waals surface area contributed by atoms with Crippen LogP contribution in [0.4, 0.5) is 5.82 Å². The molecule has 1 aromatic heterocycles. The molecular weight excluding hydrogens is 218 g/mol. The molecule has 1 aliphatic heterocycles. The van der Waals surface area contributed by atoms with Crippen molar-refractivity contribution in [2.24, 2.45) is 0 Å². The van der Waals surface area contributed by atoms with Crippen molar-refractivity contribution >= 4 is 11.7 Å². The van der Waals surface area contributed by atoms with Crippen LogP contribution < -0.4 is 4.90 Å². The summed E-state index contributed by atoms with van der Waals surface area (Å²) < 4.78 is 0. The normalized spacial score (nSPS) is 19.5. The van der Waals surface area contributed by atoms with Gasteiger partial charge in [-0.3, -0.25) is 4.79 Å². The van der Waals surface area contributed by atoms with Crippen LogP contribution in [-0.2, 0) is 0 Å². The maximum Gasteiger partial charge on any atom is 0.254 e. The van der Waals surface area contributed by atoms with Gasteiger partial charge in [-0.25, -0.2) is 4.98 Å². The summed E-state index contributed by atoms with van der Waals surface area (Å²) in [4.78, 5) is 19.8. The molecule has 17 heavy (non-hydrogen) atoms. The maximum absolute atomic E-state index is 12.1. The van der Waals surface area contributed by atoms with Crippen LogP contribution in [0, 0.1) is 0 Å². The molecule has 0 spiro atoms. The molecule has 2 heterocycles. The number of anilines is 1. The molecule has 1 atom stereocenters. The molecule has 1 aliphatic rings. The van der Waals surface area contributed by atoms with Gasteiger partial charge in [-0.2, -0.15) is 0 Å². The van der Waals surface area contributed by atoms with Gasteiger partial charge in [-0.15, -0.1) is 0 Å². The molecule has 1 saturated heterocycles. The van der Waals surface area contributed by atoms with Gasteiger partial charge in [0.15, 0.2) is 0 Å². The first-order valence-corrected chi connectivity index (χ1v) is 5.68. The van der Waals surface area contributed by atoms with E-state index in [1.54, 1.807) is 23.2 Å². The molecule has 5 heteroatoms. The Balaban J connectivity index is 2.16. The van der Waals surface area contributed by atoms with Gasteiger partial charge in [0.1, 0.15) is 5.82 Å². The highest BCUT2D eigenvalue weighted by atomic mass is 16.3. The number of amides is 1. The smallest absolute Gasteiger partial charge is 0.254 e. The monoisotopic (exact) mass is 235 g/mol. The summed E-state index contributed by atoms with van der Waals surface area (Å²) >= 11 is 0. The maximum atomic E-state index is 12.1. The number of carbonyl (C=O) groups is 1. The van der Waals surface area contributed by atoms with Crippen molar-refractivity contribution in [2.45, 2.75) is 12.5 Å². The molecule has 1 amide bonds. The van der Waals surface area contributed by atoms with Crippen LogP contribution in [0.3, 0.4) is 0 Å². The molecule has 1 N–H and O–H groups in total. The van der Waals surface area contributed by atoms with E-state index in [1.165, 1.54) is 0 Å². The van der Waals surface area contributed by atoms with E-state index in [4.69, 9.17) is 0 Å². The van der Waals surface area contributed by atoms with E-state index >= 15 is 0 Å². The highest BCUT2D eigenvalue weighted by molar-refractivity contribution is 5.95. The fourth-order valence-corrected chi connectivity index (χ4v) is 1.90. The van der Waals surface area contributed by atoms with Gasteiger partial charge in [0, 0.05) is 38.9 Å². The van der Waals surface area contributed by atoms with Gasteiger partial charge < -0.3 is 14.9 Å². The SMILES string of the molecule is CN(C)c1cc(C(=O)N2CCC(O)C2)ccn1. The number of rotatable bonds is 2. The number of nitrogens with zero attached hydrogens (tertiary/aromatic N) is 3. The second-order valence-electron chi connectivity index (χ2n) is 4.49. The summed E-state index contributed by atoms with van der Waals surface area (Å²) in [5.41, 5.74) is 0.623. The zero-order chi connectivity index (χ0) is 12.4. The minimum atomic E-state index is -0.380. The standard InChI is InChI=1S/C12H17N3O2/c1-14(2)11-7-9(3-5-13-11)12(17)15-6-4-10(16)8-15/h3,5,7,10,16H,4,6,8H2,1-2H3. The van der Waals surface area contributed by atoms with Gasteiger partial charge in [-0.05, 0) is 18.6 Å². The van der Waals surface area contributed by atoms with E-state index < -0.39 is 0 Å². The van der Waals surface area contributed by atoms with Crippen molar-refractivity contribution in [3.63, 3.8) is 0 Å². The predicted molar refractivity (Wildman–Crippen MR) is 65.1 cm³/mol. The van der Waals surface area contributed by atoms with Crippen molar-refractivity contribution in [3.8, 4) is 0 Å². The topological polar surface area (TPSA) is 56.7 Å². The zero-order valence-corrected chi connectivity index (χ0v) is 10.1. The fourth-order valence-electron chi connectivity index (χ4n) is 1.90. The number of carbonyl (C=O) groups excluding carboxylic acids is 1. The van der Waals surface area contributed by atoms with Crippen LogP contribution >= 0.6 is 0 Å². The molecule has 1 aromatic rings. The van der Waals surface area contributed by atoms with Crippen LogP contribution in [-0.4, -0.2) is 54.2 Å². The Morgan fingerprint density at radius 2 is 2.35 bits per heavy atom. The summed E-state index contributed by atoms with van der Waals surface area (Å²) in [6.07, 6.45) is 1.92. The molecule has 1 unspecified atom stereocenters. The minimum Gasteiger partial charge on any atom is -0.391 e. The number of aromatic nitrogens is 1. The van der Waals surface area contributed by atoms with Gasteiger partial charge >= 0.3 is 0 Å². The Morgan fingerprint density at radius 1 is 1.59 bits per heavy atom. The van der Waals surface area contributed by atoms with Crippen LogP contribution in [0.5, 0.6) is 0 Å². The first-order valence-electron chi connectivity index (χ1n) is 5.68. The minimum absolute atomic E-state index is 0.0351. The molecule has 0 bridgehead atoms. The lowest BCUT2D eigenvalue weighted by atomic mass is 10.2. The fraction of sp³-hybridized carbons (Fsp3) is 0.500. The number of pyridine rings is 1. The quantitative estimate of drug-likeness (QED) is 0.804. The lowest BCUT2D eigenvalue weighted by molar-refractivity contribution is 0.0765. The molecule has 0 radical (unpaired) electrons. The highest BCUT2D eigenvalue weighted by Gasteiger charge is 2.25. The first-order chi connectivity index (χ1) is 8.08. The van der Waals surface area contributed by atoms with Gasteiger partial charge in [0.05, 0.1) is 6.10 Å². The Bertz CT molecular complexity index is 420. The third-order valence-corrected chi connectivity index (χ3v) is 2.90. The number of aliphatic hydroxyl groups excluding tert-OH is 1. The summed E-state index contributed by atoms with van der Waals surface area (Å²) in [6, 6.07) is 3.48. The molecule has 0 aliphatic carbocycles. The van der Waals surface area contributed by atoms with E-state index in [-0.39, 0.29) is 12.0 Å². The van der Waals surface area contributed by atoms with Crippen LogP contribution in [0.2, 0.25) is 0 Å². The highest BCUT2D eigenvalue weighted by Crippen LogP contribution is 2.16. The van der Waals surface area contributed by atoms with Crippen molar-refractivity contribution in [1.29, 1.82) is 0 Å². The van der Waals surface area contributed by atoms with E-state index in [1.807, 2.05) is 19.0 Å². The van der Waals surface area contributed by atoms with E-state index in [9.17, 15) is 9.90 Å². The number of hydrogen-bond donors (Lipinski definition) is 1. The Morgan fingerprint density at radius 3 is 2.94 bits per heavy atom. The third kappa shape index (κ3) is 2.55. The first kappa shape index (κ1) is 11.9. The lowest BCUT2D eigenvalue weighted by Crippen LogP contribution is -2.29. The Labute approximate surface area is 101 Å². The molecule has 92 valence electrons. The van der Waals surface area contributed by atoms with Crippen LogP contribution in [0.1, 0.15) is 16.8 Å². The largest absolute Gasteiger partial charge is 0.391 e. The summed E-state index contributed by atoms with van der Waals surface area (Å²) in [5.74, 6) is 0.725. The summed E-state index contributed by atoms with van der Waals surface area (Å²) in [5, 5.41) is 9.42. The van der Waals surface area contributed by atoms with E-state index in [0.29, 0.717) is 25.1 Å². The van der Waals surface area contributed by atoms with Crippen molar-refractivity contribution in [3.05, 3.63) is 23.9 Å². The van der Waals surface area contributed by atoms with Crippen molar-refractivity contribution < 1.29 is 9.90 Å². The van der Waals surface area contributed by atoms with Crippen molar-refractivity contribution in [1.82, 2.24) is 9.88 Å². The Hall–Kier alpha value is -1.62. The number of likely N-dealkylation sites (tertiary alicyclic amines) is 1. The molecule has 5 nitrogen and oxygen atoms in total. The van der Waals surface area contributed by atoms with Gasteiger partial charge in [0.2, 0.25) is 0 Å². The van der Waals surface area contributed by atoms with E-state index in [2.05, 4.69) is 4.98 Å². The molecule has 0 saturated carbocycles. The van der Waals surface area contributed by atoms with Crippen LogP contribution in [0.15, 0.2) is 18.3 Å². The second-order valence-corrected chi connectivity index (χ2v) is 4.49. The molecular formula is C12H17N3O2. The Kier molecular flexibility index (Phi) is 3.28. The second kappa shape index (κ2) is 4.71. The zero-order valence-electron chi connectivity index (χ0n) is 10.1.